The van der Waals surface area contributed by atoms with Crippen molar-refractivity contribution in [2.75, 3.05) is 32.9 Å². The van der Waals surface area contributed by atoms with Gasteiger partial charge in [-0.15, -0.1) is 0 Å². The molecule has 2 rings (SSSR count). The van der Waals surface area contributed by atoms with Crippen molar-refractivity contribution in [3.05, 3.63) is 29.8 Å². The second-order valence-electron chi connectivity index (χ2n) is 5.09. The highest BCUT2D eigenvalue weighted by atomic mass is 16.5. The molecule has 0 bridgehead atoms. The average Bonchev–Trinajstić information content (AvgIpc) is 2.55. The summed E-state index contributed by atoms with van der Waals surface area (Å²) >= 11 is 0. The van der Waals surface area contributed by atoms with E-state index in [0.29, 0.717) is 38.5 Å². The van der Waals surface area contributed by atoms with Crippen LogP contribution in [0.3, 0.4) is 0 Å². The van der Waals surface area contributed by atoms with E-state index in [1.165, 1.54) is 0 Å². The molecule has 1 aliphatic heterocycles. The van der Waals surface area contributed by atoms with Crippen LogP contribution in [0.5, 0.6) is 5.75 Å². The molecule has 1 aromatic rings. The summed E-state index contributed by atoms with van der Waals surface area (Å²) in [7, 11) is 0. The third-order valence-electron chi connectivity index (χ3n) is 3.47. The van der Waals surface area contributed by atoms with Gasteiger partial charge in [0, 0.05) is 18.7 Å². The van der Waals surface area contributed by atoms with E-state index in [2.05, 4.69) is 5.32 Å². The maximum absolute atomic E-state index is 12.2. The summed E-state index contributed by atoms with van der Waals surface area (Å²) in [6, 6.07) is 6.30. The fourth-order valence-electron chi connectivity index (χ4n) is 2.27. The van der Waals surface area contributed by atoms with Crippen molar-refractivity contribution in [3.8, 4) is 5.75 Å². The zero-order chi connectivity index (χ0) is 15.9. The molecule has 1 aliphatic rings. The zero-order valence-electron chi connectivity index (χ0n) is 13.0. The van der Waals surface area contributed by atoms with Crippen LogP contribution in [0.25, 0.3) is 0 Å². The summed E-state index contributed by atoms with van der Waals surface area (Å²) in [5.41, 5.74) is 0.505. The summed E-state index contributed by atoms with van der Waals surface area (Å²) < 4.78 is 10.6. The Kier molecular flexibility index (Phi) is 5.77. The summed E-state index contributed by atoms with van der Waals surface area (Å²) in [6.07, 6.45) is 0. The molecule has 0 aliphatic carbocycles. The van der Waals surface area contributed by atoms with Crippen LogP contribution in [0.4, 0.5) is 0 Å². The maximum atomic E-state index is 12.2. The van der Waals surface area contributed by atoms with Crippen molar-refractivity contribution in [1.29, 1.82) is 0 Å². The second-order valence-corrected chi connectivity index (χ2v) is 5.09. The summed E-state index contributed by atoms with van der Waals surface area (Å²) in [5, 5.41) is 2.73. The van der Waals surface area contributed by atoms with Crippen molar-refractivity contribution >= 4 is 11.8 Å². The van der Waals surface area contributed by atoms with Crippen LogP contribution in [0.1, 0.15) is 24.2 Å². The molecule has 22 heavy (non-hydrogen) atoms. The van der Waals surface area contributed by atoms with Crippen LogP contribution in [0, 0.1) is 0 Å². The summed E-state index contributed by atoms with van der Waals surface area (Å²) in [6.45, 7) is 6.42. The lowest BCUT2D eigenvalue weighted by Gasteiger charge is -2.29. The Bertz CT molecular complexity index is 509. The van der Waals surface area contributed by atoms with Crippen molar-refractivity contribution in [2.24, 2.45) is 0 Å². The van der Waals surface area contributed by atoms with Crippen LogP contribution >= 0.6 is 0 Å². The lowest BCUT2D eigenvalue weighted by molar-refractivity contribution is -0.136. The largest absolute Gasteiger partial charge is 0.494 e. The Morgan fingerprint density at radius 3 is 2.50 bits per heavy atom. The van der Waals surface area contributed by atoms with Gasteiger partial charge in [0.15, 0.2) is 0 Å². The SMILES string of the molecule is CCOc1ccc(C(=O)NC(C)C(=O)N2CCOCC2)cc1. The minimum absolute atomic E-state index is 0.0809. The van der Waals surface area contributed by atoms with Gasteiger partial charge in [0.2, 0.25) is 5.91 Å². The molecule has 1 heterocycles. The lowest BCUT2D eigenvalue weighted by Crippen LogP contribution is -2.50. The third kappa shape index (κ3) is 4.21. The van der Waals surface area contributed by atoms with Crippen LogP contribution in [-0.4, -0.2) is 55.7 Å². The first-order valence-electron chi connectivity index (χ1n) is 7.52. The molecule has 120 valence electrons. The Hall–Kier alpha value is -2.08. The van der Waals surface area contributed by atoms with Crippen LogP contribution in [0.15, 0.2) is 24.3 Å². The minimum atomic E-state index is -0.558. The van der Waals surface area contributed by atoms with Gasteiger partial charge in [-0.25, -0.2) is 0 Å². The Labute approximate surface area is 130 Å². The van der Waals surface area contributed by atoms with Crippen molar-refractivity contribution in [2.45, 2.75) is 19.9 Å². The Morgan fingerprint density at radius 1 is 1.27 bits per heavy atom. The minimum Gasteiger partial charge on any atom is -0.494 e. The molecule has 0 radical (unpaired) electrons. The molecular weight excluding hydrogens is 284 g/mol. The van der Waals surface area contributed by atoms with E-state index in [1.54, 1.807) is 36.1 Å². The fourth-order valence-corrected chi connectivity index (χ4v) is 2.27. The molecule has 2 amide bonds. The van der Waals surface area contributed by atoms with E-state index in [0.717, 1.165) is 5.75 Å². The highest BCUT2D eigenvalue weighted by Crippen LogP contribution is 2.12. The number of hydrogen-bond acceptors (Lipinski definition) is 4. The topological polar surface area (TPSA) is 67.9 Å². The molecule has 1 fully saturated rings. The first-order valence-corrected chi connectivity index (χ1v) is 7.52. The number of ether oxygens (including phenoxy) is 2. The highest BCUT2D eigenvalue weighted by Gasteiger charge is 2.23. The van der Waals surface area contributed by atoms with Gasteiger partial charge in [0.25, 0.3) is 5.91 Å². The number of rotatable bonds is 5. The molecule has 1 atom stereocenters. The number of carbonyl (C=O) groups excluding carboxylic acids is 2. The van der Waals surface area contributed by atoms with Gasteiger partial charge in [-0.1, -0.05) is 0 Å². The van der Waals surface area contributed by atoms with Gasteiger partial charge in [-0.2, -0.15) is 0 Å². The number of nitrogens with one attached hydrogen (secondary N) is 1. The number of morpholine rings is 1. The number of hydrogen-bond donors (Lipinski definition) is 1. The van der Waals surface area contributed by atoms with Gasteiger partial charge < -0.3 is 19.7 Å². The van der Waals surface area contributed by atoms with Crippen LogP contribution in [-0.2, 0) is 9.53 Å². The molecule has 1 N–H and O–H groups in total. The fraction of sp³-hybridized carbons (Fsp3) is 0.500. The van der Waals surface area contributed by atoms with Crippen LogP contribution < -0.4 is 10.1 Å². The van der Waals surface area contributed by atoms with Gasteiger partial charge in [0.05, 0.1) is 19.8 Å². The van der Waals surface area contributed by atoms with Gasteiger partial charge in [0.1, 0.15) is 11.8 Å². The van der Waals surface area contributed by atoms with E-state index in [9.17, 15) is 9.59 Å². The summed E-state index contributed by atoms with van der Waals surface area (Å²) in [5.74, 6) is 0.372. The Morgan fingerprint density at radius 2 is 1.91 bits per heavy atom. The molecule has 0 aromatic heterocycles. The van der Waals surface area contributed by atoms with Crippen LogP contribution in [0.2, 0.25) is 0 Å². The predicted molar refractivity (Wildman–Crippen MR) is 81.9 cm³/mol. The summed E-state index contributed by atoms with van der Waals surface area (Å²) in [4.78, 5) is 26.1. The van der Waals surface area contributed by atoms with Crippen molar-refractivity contribution in [3.63, 3.8) is 0 Å². The standard InChI is InChI=1S/C16H22N2O4/c1-3-22-14-6-4-13(5-7-14)15(19)17-12(2)16(20)18-8-10-21-11-9-18/h4-7,12H,3,8-11H2,1-2H3,(H,17,19). The lowest BCUT2D eigenvalue weighted by atomic mass is 10.2. The van der Waals surface area contributed by atoms with Gasteiger partial charge in [-0.3, -0.25) is 9.59 Å². The Balaban J connectivity index is 1.91. The smallest absolute Gasteiger partial charge is 0.251 e. The third-order valence-corrected chi connectivity index (χ3v) is 3.47. The normalized spacial score (nSPS) is 16.0. The first-order chi connectivity index (χ1) is 10.6. The molecule has 1 saturated heterocycles. The molecule has 0 spiro atoms. The second kappa shape index (κ2) is 7.79. The quantitative estimate of drug-likeness (QED) is 0.883. The molecular formula is C16H22N2O4. The monoisotopic (exact) mass is 306 g/mol. The number of amides is 2. The molecule has 6 heteroatoms. The first kappa shape index (κ1) is 16.3. The van der Waals surface area contributed by atoms with Crippen molar-refractivity contribution < 1.29 is 19.1 Å². The van der Waals surface area contributed by atoms with Gasteiger partial charge in [-0.05, 0) is 38.1 Å². The predicted octanol–water partition coefficient (Wildman–Crippen LogP) is 1.06. The van der Waals surface area contributed by atoms with E-state index < -0.39 is 6.04 Å². The molecule has 6 nitrogen and oxygen atoms in total. The maximum Gasteiger partial charge on any atom is 0.251 e. The zero-order valence-corrected chi connectivity index (χ0v) is 13.0. The van der Waals surface area contributed by atoms with E-state index in [1.807, 2.05) is 6.92 Å². The molecule has 1 aromatic carbocycles. The van der Waals surface area contributed by atoms with Gasteiger partial charge >= 0.3 is 0 Å². The number of carbonyl (C=O) groups is 2. The molecule has 1 unspecified atom stereocenters. The van der Waals surface area contributed by atoms with E-state index in [4.69, 9.17) is 9.47 Å². The highest BCUT2D eigenvalue weighted by molar-refractivity contribution is 5.97. The van der Waals surface area contributed by atoms with E-state index >= 15 is 0 Å². The number of benzene rings is 1. The average molecular weight is 306 g/mol. The van der Waals surface area contributed by atoms with Crippen molar-refractivity contribution in [1.82, 2.24) is 10.2 Å². The molecule has 0 saturated carbocycles. The van der Waals surface area contributed by atoms with E-state index in [-0.39, 0.29) is 11.8 Å². The number of nitrogens with zero attached hydrogens (tertiary/aromatic N) is 1.